The molecule has 0 N–H and O–H groups in total. The maximum atomic E-state index is 10.3. The van der Waals surface area contributed by atoms with E-state index in [0.29, 0.717) is 6.61 Å². The summed E-state index contributed by atoms with van der Waals surface area (Å²) in [7, 11) is -0.124. The molecule has 2 nitrogen and oxygen atoms in total. The van der Waals surface area contributed by atoms with E-state index >= 15 is 0 Å². The zero-order chi connectivity index (χ0) is 7.98. The Labute approximate surface area is 64.2 Å². The fourth-order valence-electron chi connectivity index (χ4n) is 0.642. The highest BCUT2D eigenvalue weighted by Gasteiger charge is 1.96. The molecule has 59 valence electrons. The van der Waals surface area contributed by atoms with Crippen molar-refractivity contribution in [2.45, 2.75) is 32.5 Å². The molecule has 0 aromatic carbocycles. The third-order valence-electron chi connectivity index (χ3n) is 1.13. The summed E-state index contributed by atoms with van der Waals surface area (Å²) in [5.74, 6) is -0.166. The van der Waals surface area contributed by atoms with Crippen LogP contribution in [-0.2, 0) is 9.53 Å². The van der Waals surface area contributed by atoms with E-state index in [0.717, 1.165) is 6.42 Å². The maximum absolute atomic E-state index is 10.3. The van der Waals surface area contributed by atoms with Crippen LogP contribution in [0, 0.1) is 0 Å². The zero-order valence-corrected chi connectivity index (χ0v) is 7.94. The lowest BCUT2D eigenvalue weighted by Gasteiger charge is -2.02. The Morgan fingerprint density at radius 1 is 1.50 bits per heavy atom. The number of ether oxygens (including phenoxy) is 1. The number of hydrogen-bond donors (Lipinski definition) is 0. The first-order chi connectivity index (χ1) is 4.63. The fourth-order valence-corrected chi connectivity index (χ4v) is 1.49. The Hall–Kier alpha value is -0.313. The van der Waals surface area contributed by atoms with Crippen LogP contribution in [0.1, 0.15) is 13.3 Å². The minimum atomic E-state index is -0.166. The molecule has 0 heterocycles. The molecule has 0 aliphatic carbocycles. The van der Waals surface area contributed by atoms with Gasteiger partial charge < -0.3 is 4.74 Å². The largest absolute Gasteiger partial charge is 0.466 e. The van der Waals surface area contributed by atoms with Crippen LogP contribution in [0.3, 0.4) is 0 Å². The van der Waals surface area contributed by atoms with Crippen molar-refractivity contribution in [2.75, 3.05) is 6.61 Å². The van der Waals surface area contributed by atoms with Crippen molar-refractivity contribution in [1.82, 2.24) is 0 Å². The van der Waals surface area contributed by atoms with Gasteiger partial charge in [-0.1, -0.05) is 19.1 Å². The van der Waals surface area contributed by atoms with E-state index < -0.39 is 0 Å². The van der Waals surface area contributed by atoms with Gasteiger partial charge in [0.1, 0.15) is 0 Å². The Morgan fingerprint density at radius 2 is 2.10 bits per heavy atom. The highest BCUT2D eigenvalue weighted by Crippen LogP contribution is 1.96. The van der Waals surface area contributed by atoms with Gasteiger partial charge in [-0.25, -0.2) is 0 Å². The molecule has 0 aliphatic rings. The van der Waals surface area contributed by atoms with Crippen LogP contribution in [0.4, 0.5) is 0 Å². The summed E-state index contributed by atoms with van der Waals surface area (Å²) < 4.78 is 4.77. The Morgan fingerprint density at radius 3 is 2.50 bits per heavy atom. The Kier molecular flexibility index (Phi) is 5.30. The fraction of sp³-hybridized carbons (Fsp3) is 0.857. The molecule has 0 spiro atoms. The molecule has 0 aromatic heterocycles. The van der Waals surface area contributed by atoms with Gasteiger partial charge in [-0.15, -0.1) is 0 Å². The molecule has 0 aromatic rings. The second kappa shape index (κ2) is 5.47. The van der Waals surface area contributed by atoms with Crippen molar-refractivity contribution in [3.8, 4) is 0 Å². The number of carbonyl (C=O) groups is 1. The van der Waals surface area contributed by atoms with E-state index in [1.54, 1.807) is 0 Å². The monoisotopic (exact) mass is 159 g/mol. The zero-order valence-electron chi connectivity index (χ0n) is 6.94. The van der Waals surface area contributed by atoms with E-state index in [1.807, 2.05) is 0 Å². The summed E-state index contributed by atoms with van der Waals surface area (Å²) in [5.41, 5.74) is 0. The molecular weight excluding hydrogens is 144 g/mol. The molecule has 0 atom stereocenters. The van der Waals surface area contributed by atoms with Gasteiger partial charge in [0.15, 0.2) is 0 Å². The first-order valence-corrected chi connectivity index (χ1v) is 6.26. The molecule has 0 aliphatic heterocycles. The Bertz CT molecular complexity index is 102. The van der Waals surface area contributed by atoms with Crippen molar-refractivity contribution in [3.63, 3.8) is 0 Å². The molecule has 0 amide bonds. The lowest BCUT2D eigenvalue weighted by molar-refractivity contribution is -0.140. The standard InChI is InChI=1S/C7H15O2Si/c1-7(8)9-5-4-6-10(2)3/h4-6H2,1-3H3. The lowest BCUT2D eigenvalue weighted by atomic mass is 10.5. The molecule has 1 radical (unpaired) electrons. The van der Waals surface area contributed by atoms with Crippen LogP contribution in [-0.4, -0.2) is 21.4 Å². The quantitative estimate of drug-likeness (QED) is 0.354. The van der Waals surface area contributed by atoms with Crippen LogP contribution in [0.15, 0.2) is 0 Å². The van der Waals surface area contributed by atoms with Gasteiger partial charge in [0, 0.05) is 15.7 Å². The predicted octanol–water partition coefficient (Wildman–Crippen LogP) is 1.69. The van der Waals surface area contributed by atoms with Crippen LogP contribution >= 0.6 is 0 Å². The first kappa shape index (κ1) is 9.69. The Balaban J connectivity index is 2.98. The summed E-state index contributed by atoms with van der Waals surface area (Å²) in [6.45, 7) is 6.58. The number of rotatable bonds is 4. The summed E-state index contributed by atoms with van der Waals surface area (Å²) in [6, 6.07) is 1.23. The van der Waals surface area contributed by atoms with Gasteiger partial charge in [-0.05, 0) is 6.42 Å². The summed E-state index contributed by atoms with van der Waals surface area (Å²) in [5, 5.41) is 0. The van der Waals surface area contributed by atoms with E-state index in [9.17, 15) is 4.79 Å². The molecule has 0 saturated carbocycles. The van der Waals surface area contributed by atoms with Crippen LogP contribution < -0.4 is 0 Å². The van der Waals surface area contributed by atoms with Gasteiger partial charge in [0.25, 0.3) is 0 Å². The summed E-state index contributed by atoms with van der Waals surface area (Å²) >= 11 is 0. The average molecular weight is 159 g/mol. The van der Waals surface area contributed by atoms with E-state index in [4.69, 9.17) is 4.74 Å². The number of carbonyl (C=O) groups excluding carboxylic acids is 1. The van der Waals surface area contributed by atoms with Gasteiger partial charge in [-0.3, -0.25) is 4.79 Å². The smallest absolute Gasteiger partial charge is 0.302 e. The van der Waals surface area contributed by atoms with Crippen molar-refractivity contribution in [3.05, 3.63) is 0 Å². The molecule has 0 unspecified atom stereocenters. The molecule has 10 heavy (non-hydrogen) atoms. The third-order valence-corrected chi connectivity index (χ3v) is 2.48. The minimum absolute atomic E-state index is 0.124. The topological polar surface area (TPSA) is 26.3 Å². The van der Waals surface area contributed by atoms with Gasteiger partial charge in [0.05, 0.1) is 6.61 Å². The van der Waals surface area contributed by atoms with Gasteiger partial charge >= 0.3 is 5.97 Å². The minimum Gasteiger partial charge on any atom is -0.466 e. The van der Waals surface area contributed by atoms with E-state index in [1.165, 1.54) is 13.0 Å². The van der Waals surface area contributed by atoms with Crippen molar-refractivity contribution < 1.29 is 9.53 Å². The highest BCUT2D eigenvalue weighted by molar-refractivity contribution is 6.55. The van der Waals surface area contributed by atoms with Crippen molar-refractivity contribution >= 4 is 14.8 Å². The maximum Gasteiger partial charge on any atom is 0.302 e. The summed E-state index contributed by atoms with van der Waals surface area (Å²) in [4.78, 5) is 10.3. The number of hydrogen-bond acceptors (Lipinski definition) is 2. The van der Waals surface area contributed by atoms with Crippen LogP contribution in [0.5, 0.6) is 0 Å². The van der Waals surface area contributed by atoms with Gasteiger partial charge in [0.2, 0.25) is 0 Å². The SMILES string of the molecule is CC(=O)OCCC[Si](C)C. The average Bonchev–Trinajstić information content (AvgIpc) is 1.79. The third kappa shape index (κ3) is 7.69. The second-order valence-corrected chi connectivity index (χ2v) is 5.56. The number of esters is 1. The lowest BCUT2D eigenvalue weighted by Crippen LogP contribution is -2.04. The first-order valence-electron chi connectivity index (χ1n) is 3.55. The van der Waals surface area contributed by atoms with Crippen LogP contribution in [0.25, 0.3) is 0 Å². The van der Waals surface area contributed by atoms with E-state index in [-0.39, 0.29) is 14.8 Å². The summed E-state index contributed by atoms with van der Waals surface area (Å²) in [6.07, 6.45) is 1.03. The predicted molar refractivity (Wildman–Crippen MR) is 43.5 cm³/mol. The molecule has 0 saturated heterocycles. The highest BCUT2D eigenvalue weighted by atomic mass is 28.3. The van der Waals surface area contributed by atoms with Crippen molar-refractivity contribution in [2.24, 2.45) is 0 Å². The van der Waals surface area contributed by atoms with Gasteiger partial charge in [-0.2, -0.15) is 0 Å². The van der Waals surface area contributed by atoms with Crippen LogP contribution in [0.2, 0.25) is 19.1 Å². The molecule has 0 rings (SSSR count). The second-order valence-electron chi connectivity index (χ2n) is 2.65. The molecule has 3 heteroatoms. The van der Waals surface area contributed by atoms with E-state index in [2.05, 4.69) is 13.1 Å². The molecular formula is C7H15O2Si. The normalized spacial score (nSPS) is 10.0. The molecule has 0 bridgehead atoms. The van der Waals surface area contributed by atoms with Crippen molar-refractivity contribution in [1.29, 1.82) is 0 Å². The molecule has 0 fully saturated rings.